The lowest BCUT2D eigenvalue weighted by Gasteiger charge is -1.89. The molecule has 0 bridgehead atoms. The van der Waals surface area contributed by atoms with Gasteiger partial charge < -0.3 is 0 Å². The van der Waals surface area contributed by atoms with Gasteiger partial charge in [0.05, 0.1) is 0 Å². The summed E-state index contributed by atoms with van der Waals surface area (Å²) in [5, 5.41) is 0. The first-order valence-electron chi connectivity index (χ1n) is 3.66. The molecule has 1 radical (unpaired) electrons. The molecule has 0 aromatic rings. The summed E-state index contributed by atoms with van der Waals surface area (Å²) < 4.78 is 0. The Labute approximate surface area is 57.7 Å². The highest BCUT2D eigenvalue weighted by atomic mass is 14.2. The first-order chi connectivity index (χ1) is 4.43. The van der Waals surface area contributed by atoms with Gasteiger partial charge in [-0.3, -0.25) is 0 Å². The SMILES string of the molecule is CC#CCCCC1[CH]C1. The van der Waals surface area contributed by atoms with Crippen LogP contribution in [0.25, 0.3) is 0 Å². The van der Waals surface area contributed by atoms with E-state index >= 15 is 0 Å². The van der Waals surface area contributed by atoms with Crippen LogP contribution in [0.1, 0.15) is 32.6 Å². The summed E-state index contributed by atoms with van der Waals surface area (Å²) in [5.41, 5.74) is 0. The van der Waals surface area contributed by atoms with Gasteiger partial charge in [-0.25, -0.2) is 0 Å². The average molecular weight is 121 g/mol. The highest BCUT2D eigenvalue weighted by Crippen LogP contribution is 2.32. The molecule has 0 heteroatoms. The molecule has 0 saturated heterocycles. The first-order valence-corrected chi connectivity index (χ1v) is 3.66. The zero-order valence-corrected chi connectivity index (χ0v) is 5.98. The highest BCUT2D eigenvalue weighted by Gasteiger charge is 2.20. The maximum atomic E-state index is 3.07. The number of unbranched alkanes of at least 4 members (excludes halogenated alkanes) is 1. The van der Waals surface area contributed by atoms with Crippen LogP contribution >= 0.6 is 0 Å². The summed E-state index contributed by atoms with van der Waals surface area (Å²) >= 11 is 0. The van der Waals surface area contributed by atoms with Crippen molar-refractivity contribution >= 4 is 0 Å². The third kappa shape index (κ3) is 3.19. The smallest absolute Gasteiger partial charge is 0.00886 e. The maximum absolute atomic E-state index is 3.07. The predicted molar refractivity (Wildman–Crippen MR) is 39.7 cm³/mol. The number of hydrogen-bond donors (Lipinski definition) is 0. The Balaban J connectivity index is 1.84. The van der Waals surface area contributed by atoms with E-state index < -0.39 is 0 Å². The van der Waals surface area contributed by atoms with Crippen LogP contribution in [0.2, 0.25) is 0 Å². The lowest BCUT2D eigenvalue weighted by molar-refractivity contribution is 0.697. The van der Waals surface area contributed by atoms with Crippen LogP contribution in [0.4, 0.5) is 0 Å². The van der Waals surface area contributed by atoms with Crippen LogP contribution in [0.3, 0.4) is 0 Å². The van der Waals surface area contributed by atoms with Gasteiger partial charge in [0.15, 0.2) is 0 Å². The van der Waals surface area contributed by atoms with Gasteiger partial charge >= 0.3 is 0 Å². The minimum atomic E-state index is 0.962. The van der Waals surface area contributed by atoms with Gasteiger partial charge in [0.1, 0.15) is 0 Å². The van der Waals surface area contributed by atoms with Crippen molar-refractivity contribution in [2.24, 2.45) is 5.92 Å². The van der Waals surface area contributed by atoms with Crippen LogP contribution < -0.4 is 0 Å². The average Bonchev–Trinajstić information content (AvgIpc) is 2.63. The molecule has 0 nitrogen and oxygen atoms in total. The Morgan fingerprint density at radius 1 is 1.67 bits per heavy atom. The van der Waals surface area contributed by atoms with Crippen molar-refractivity contribution in [2.75, 3.05) is 0 Å². The van der Waals surface area contributed by atoms with E-state index in [1.807, 2.05) is 6.92 Å². The van der Waals surface area contributed by atoms with Crippen molar-refractivity contribution in [3.05, 3.63) is 6.42 Å². The number of hydrogen-bond acceptors (Lipinski definition) is 0. The normalized spacial score (nSPS) is 16.6. The highest BCUT2D eigenvalue weighted by molar-refractivity contribution is 4.97. The maximum Gasteiger partial charge on any atom is 0.00886 e. The monoisotopic (exact) mass is 121 g/mol. The predicted octanol–water partition coefficient (Wildman–Crippen LogP) is 2.40. The third-order valence-corrected chi connectivity index (χ3v) is 1.62. The zero-order valence-electron chi connectivity index (χ0n) is 5.98. The van der Waals surface area contributed by atoms with E-state index in [-0.39, 0.29) is 0 Å². The van der Waals surface area contributed by atoms with Crippen molar-refractivity contribution in [2.45, 2.75) is 32.6 Å². The largest absolute Gasteiger partial charge is 0.107 e. The lowest BCUT2D eigenvalue weighted by atomic mass is 10.2. The van der Waals surface area contributed by atoms with E-state index in [0.29, 0.717) is 0 Å². The standard InChI is InChI=1S/C9H13/c1-2-3-4-5-6-9-7-8-9/h7,9H,4-6,8H2,1H3. The molecule has 0 N–H and O–H groups in total. The van der Waals surface area contributed by atoms with E-state index in [1.165, 1.54) is 19.3 Å². The molecule has 1 saturated carbocycles. The Bertz CT molecular complexity index is 121. The van der Waals surface area contributed by atoms with E-state index in [4.69, 9.17) is 0 Å². The van der Waals surface area contributed by atoms with Gasteiger partial charge in [-0.15, -0.1) is 11.8 Å². The second-order valence-corrected chi connectivity index (χ2v) is 2.55. The molecular formula is C9H13. The molecule has 0 spiro atoms. The molecule has 1 fully saturated rings. The van der Waals surface area contributed by atoms with Crippen molar-refractivity contribution in [3.63, 3.8) is 0 Å². The molecule has 49 valence electrons. The fourth-order valence-electron chi connectivity index (χ4n) is 0.910. The van der Waals surface area contributed by atoms with Gasteiger partial charge in [0.2, 0.25) is 0 Å². The minimum absolute atomic E-state index is 0.962. The summed E-state index contributed by atoms with van der Waals surface area (Å²) in [6.45, 7) is 1.91. The lowest BCUT2D eigenvalue weighted by Crippen LogP contribution is -1.75. The third-order valence-electron chi connectivity index (χ3n) is 1.62. The second kappa shape index (κ2) is 3.56. The molecule has 0 heterocycles. The quantitative estimate of drug-likeness (QED) is 0.397. The van der Waals surface area contributed by atoms with Crippen molar-refractivity contribution in [3.8, 4) is 11.8 Å². The second-order valence-electron chi connectivity index (χ2n) is 2.55. The molecule has 1 unspecified atom stereocenters. The van der Waals surface area contributed by atoms with Crippen molar-refractivity contribution < 1.29 is 0 Å². The van der Waals surface area contributed by atoms with Gasteiger partial charge in [-0.2, -0.15) is 0 Å². The van der Waals surface area contributed by atoms with Crippen molar-refractivity contribution in [1.82, 2.24) is 0 Å². The van der Waals surface area contributed by atoms with Gasteiger partial charge in [-0.1, -0.05) is 0 Å². The Hall–Kier alpha value is -0.440. The molecule has 0 aromatic heterocycles. The number of rotatable bonds is 3. The molecule has 0 amide bonds. The summed E-state index contributed by atoms with van der Waals surface area (Å²) in [5.74, 6) is 6.93. The summed E-state index contributed by atoms with van der Waals surface area (Å²) in [7, 11) is 0. The molecule has 0 aliphatic heterocycles. The van der Waals surface area contributed by atoms with E-state index in [1.54, 1.807) is 0 Å². The molecule has 9 heavy (non-hydrogen) atoms. The first kappa shape index (κ1) is 6.68. The van der Waals surface area contributed by atoms with E-state index in [9.17, 15) is 0 Å². The molecule has 1 atom stereocenters. The molecule has 1 rings (SSSR count). The topological polar surface area (TPSA) is 0 Å². The van der Waals surface area contributed by atoms with E-state index in [2.05, 4.69) is 18.3 Å². The van der Waals surface area contributed by atoms with Gasteiger partial charge in [-0.05, 0) is 38.5 Å². The Morgan fingerprint density at radius 2 is 2.44 bits per heavy atom. The molecule has 1 aliphatic rings. The Kier molecular flexibility index (Phi) is 2.64. The van der Waals surface area contributed by atoms with Crippen LogP contribution in [0.5, 0.6) is 0 Å². The molecular weight excluding hydrogens is 108 g/mol. The molecule has 1 aliphatic carbocycles. The van der Waals surface area contributed by atoms with Crippen LogP contribution in [-0.2, 0) is 0 Å². The summed E-state index contributed by atoms with van der Waals surface area (Å²) in [6.07, 6.45) is 7.50. The zero-order chi connectivity index (χ0) is 6.53. The van der Waals surface area contributed by atoms with Crippen LogP contribution in [0, 0.1) is 24.2 Å². The van der Waals surface area contributed by atoms with Crippen molar-refractivity contribution in [1.29, 1.82) is 0 Å². The van der Waals surface area contributed by atoms with Gasteiger partial charge in [0.25, 0.3) is 0 Å². The molecule has 0 aromatic carbocycles. The fourth-order valence-corrected chi connectivity index (χ4v) is 0.910. The van der Waals surface area contributed by atoms with Crippen LogP contribution in [0.15, 0.2) is 0 Å². The summed E-state index contributed by atoms with van der Waals surface area (Å²) in [4.78, 5) is 0. The minimum Gasteiger partial charge on any atom is -0.107 e. The Morgan fingerprint density at radius 3 is 3.00 bits per heavy atom. The summed E-state index contributed by atoms with van der Waals surface area (Å²) in [6, 6.07) is 0. The van der Waals surface area contributed by atoms with E-state index in [0.717, 1.165) is 12.3 Å². The van der Waals surface area contributed by atoms with Gasteiger partial charge in [0, 0.05) is 6.42 Å². The fraction of sp³-hybridized carbons (Fsp3) is 0.667. The van der Waals surface area contributed by atoms with Crippen LogP contribution in [-0.4, -0.2) is 0 Å².